The Labute approximate surface area is 184 Å². The molecule has 1 amide bonds. The van der Waals surface area contributed by atoms with E-state index in [0.717, 1.165) is 18.2 Å². The molecule has 168 valence electrons. The number of nitrogens with one attached hydrogen (secondary N) is 1. The number of anilines is 1. The van der Waals surface area contributed by atoms with Gasteiger partial charge in [0.25, 0.3) is 5.91 Å². The third kappa shape index (κ3) is 4.92. The van der Waals surface area contributed by atoms with Crippen molar-refractivity contribution in [1.29, 1.82) is 0 Å². The average Bonchev–Trinajstić information content (AvgIpc) is 3.50. The molecule has 4 rings (SSSR count). The summed E-state index contributed by atoms with van der Waals surface area (Å²) in [5.74, 6) is -1.84. The predicted octanol–water partition coefficient (Wildman–Crippen LogP) is 4.34. The fourth-order valence-corrected chi connectivity index (χ4v) is 3.04. The zero-order valence-corrected chi connectivity index (χ0v) is 16.7. The second-order valence-electron chi connectivity index (χ2n) is 6.72. The van der Waals surface area contributed by atoms with Crippen molar-refractivity contribution in [2.75, 3.05) is 11.9 Å². The molecule has 1 N–H and O–H groups in total. The van der Waals surface area contributed by atoms with Crippen molar-refractivity contribution in [1.82, 2.24) is 14.8 Å². The highest BCUT2D eigenvalue weighted by Gasteiger charge is 2.31. The normalized spacial score (nSPS) is 11.2. The summed E-state index contributed by atoms with van der Waals surface area (Å²) in [5, 5.41) is 6.19. The lowest BCUT2D eigenvalue weighted by Crippen LogP contribution is -2.22. The van der Waals surface area contributed by atoms with Crippen molar-refractivity contribution in [3.05, 3.63) is 84.8 Å². The van der Waals surface area contributed by atoms with E-state index in [1.165, 1.54) is 23.6 Å². The largest absolute Gasteiger partial charge is 0.457 e. The molecule has 8 nitrogen and oxygen atoms in total. The fraction of sp³-hybridized carbons (Fsp3) is 0.0909. The van der Waals surface area contributed by atoms with Crippen LogP contribution in [0.5, 0.6) is 0 Å². The van der Waals surface area contributed by atoms with Crippen LogP contribution in [0.2, 0.25) is 0 Å². The smallest absolute Gasteiger partial charge is 0.416 e. The Morgan fingerprint density at radius 3 is 2.58 bits per heavy atom. The van der Waals surface area contributed by atoms with Gasteiger partial charge in [0.05, 0.1) is 23.2 Å². The molecule has 0 aliphatic rings. The number of hydrogen-bond donors (Lipinski definition) is 1. The third-order valence-corrected chi connectivity index (χ3v) is 4.53. The van der Waals surface area contributed by atoms with Crippen molar-refractivity contribution in [3.8, 4) is 16.8 Å². The molecule has 2 aromatic heterocycles. The molecule has 0 radical (unpaired) electrons. The SMILES string of the molecule is O=C(COC(=O)c1occc1-c1ccccc1)Nc1cc(C(F)(F)F)ccc1-n1cncn1. The van der Waals surface area contributed by atoms with Gasteiger partial charge in [0.15, 0.2) is 6.61 Å². The van der Waals surface area contributed by atoms with Crippen LogP contribution in [-0.2, 0) is 15.7 Å². The molecular formula is C22H15F3N4O4. The minimum absolute atomic E-state index is 0.101. The molecule has 0 unspecified atom stereocenters. The second kappa shape index (κ2) is 8.99. The molecule has 33 heavy (non-hydrogen) atoms. The van der Waals surface area contributed by atoms with Gasteiger partial charge in [0.1, 0.15) is 12.7 Å². The summed E-state index contributed by atoms with van der Waals surface area (Å²) in [7, 11) is 0. The lowest BCUT2D eigenvalue weighted by molar-refractivity contribution is -0.137. The molecule has 4 aromatic rings. The van der Waals surface area contributed by atoms with Gasteiger partial charge in [-0.15, -0.1) is 0 Å². The average molecular weight is 456 g/mol. The number of nitrogens with zero attached hydrogens (tertiary/aromatic N) is 3. The molecule has 0 saturated carbocycles. The van der Waals surface area contributed by atoms with Gasteiger partial charge in [-0.1, -0.05) is 30.3 Å². The van der Waals surface area contributed by atoms with E-state index in [0.29, 0.717) is 11.1 Å². The summed E-state index contributed by atoms with van der Waals surface area (Å²) in [6.07, 6.45) is -0.856. The van der Waals surface area contributed by atoms with Crippen LogP contribution < -0.4 is 5.32 Å². The third-order valence-electron chi connectivity index (χ3n) is 4.53. The predicted molar refractivity (Wildman–Crippen MR) is 109 cm³/mol. The maximum Gasteiger partial charge on any atom is 0.416 e. The molecule has 0 atom stereocenters. The first-order valence-corrected chi connectivity index (χ1v) is 9.49. The summed E-state index contributed by atoms with van der Waals surface area (Å²) in [6.45, 7) is -0.749. The number of rotatable bonds is 6. The Kier molecular flexibility index (Phi) is 5.94. The fourth-order valence-electron chi connectivity index (χ4n) is 3.04. The Morgan fingerprint density at radius 2 is 1.88 bits per heavy atom. The van der Waals surface area contributed by atoms with Gasteiger partial charge in [0.2, 0.25) is 5.76 Å². The van der Waals surface area contributed by atoms with Crippen LogP contribution in [0.15, 0.2) is 77.9 Å². The summed E-state index contributed by atoms with van der Waals surface area (Å²) in [4.78, 5) is 28.6. The number of hydrogen-bond acceptors (Lipinski definition) is 6. The van der Waals surface area contributed by atoms with E-state index in [1.807, 2.05) is 6.07 Å². The first-order valence-electron chi connectivity index (χ1n) is 9.49. The lowest BCUT2D eigenvalue weighted by atomic mass is 10.1. The van der Waals surface area contributed by atoms with Crippen LogP contribution in [0.1, 0.15) is 16.1 Å². The van der Waals surface area contributed by atoms with E-state index in [4.69, 9.17) is 9.15 Å². The number of esters is 1. The number of benzene rings is 2. The summed E-state index contributed by atoms with van der Waals surface area (Å²) in [5.41, 5.74) is 0.190. The number of halogens is 3. The Hall–Kier alpha value is -4.41. The van der Waals surface area contributed by atoms with Crippen LogP contribution in [0.3, 0.4) is 0 Å². The van der Waals surface area contributed by atoms with Gasteiger partial charge in [-0.3, -0.25) is 4.79 Å². The summed E-state index contributed by atoms with van der Waals surface area (Å²) in [6, 6.07) is 13.3. The number of ether oxygens (including phenoxy) is 1. The van der Waals surface area contributed by atoms with Crippen molar-refractivity contribution >= 4 is 17.6 Å². The van der Waals surface area contributed by atoms with Gasteiger partial charge in [-0.05, 0) is 29.8 Å². The number of aromatic nitrogens is 3. The maximum absolute atomic E-state index is 13.1. The van der Waals surface area contributed by atoms with Gasteiger partial charge in [-0.2, -0.15) is 18.3 Å². The van der Waals surface area contributed by atoms with Crippen molar-refractivity contribution < 1.29 is 31.9 Å². The Balaban J connectivity index is 1.49. The van der Waals surface area contributed by atoms with Crippen LogP contribution in [0, 0.1) is 0 Å². The van der Waals surface area contributed by atoms with E-state index in [9.17, 15) is 22.8 Å². The van der Waals surface area contributed by atoms with Crippen LogP contribution in [0.25, 0.3) is 16.8 Å². The number of alkyl halides is 3. The van der Waals surface area contributed by atoms with Gasteiger partial charge < -0.3 is 14.5 Å². The molecular weight excluding hydrogens is 441 g/mol. The molecule has 11 heteroatoms. The Bertz CT molecular complexity index is 1270. The van der Waals surface area contributed by atoms with Crippen molar-refractivity contribution in [2.24, 2.45) is 0 Å². The minimum atomic E-state index is -4.63. The topological polar surface area (TPSA) is 99.2 Å². The lowest BCUT2D eigenvalue weighted by Gasteiger charge is -2.14. The first-order chi connectivity index (χ1) is 15.8. The second-order valence-corrected chi connectivity index (χ2v) is 6.72. The number of furan rings is 1. The number of carbonyl (C=O) groups is 2. The molecule has 0 aliphatic heterocycles. The standard InChI is InChI=1S/C22H15F3N4O4/c23-22(24,25)15-6-7-18(29-13-26-12-27-29)17(10-15)28-19(30)11-33-21(31)20-16(8-9-32-20)14-4-2-1-3-5-14/h1-10,12-13H,11H2,(H,28,30). The maximum atomic E-state index is 13.1. The molecule has 2 aromatic carbocycles. The van der Waals surface area contributed by atoms with Crippen LogP contribution in [-0.4, -0.2) is 33.2 Å². The number of carbonyl (C=O) groups excluding carboxylic acids is 2. The van der Waals surface area contributed by atoms with E-state index in [-0.39, 0.29) is 17.1 Å². The van der Waals surface area contributed by atoms with E-state index >= 15 is 0 Å². The molecule has 0 fully saturated rings. The van der Waals surface area contributed by atoms with Gasteiger partial charge >= 0.3 is 12.1 Å². The van der Waals surface area contributed by atoms with Crippen LogP contribution >= 0.6 is 0 Å². The van der Waals surface area contributed by atoms with E-state index in [1.54, 1.807) is 30.3 Å². The van der Waals surface area contributed by atoms with E-state index < -0.39 is 30.2 Å². The zero-order valence-electron chi connectivity index (χ0n) is 16.7. The minimum Gasteiger partial charge on any atom is -0.457 e. The zero-order chi connectivity index (χ0) is 23.4. The molecule has 2 heterocycles. The molecule has 0 saturated heterocycles. The summed E-state index contributed by atoms with van der Waals surface area (Å²) < 4.78 is 50.8. The first kappa shape index (κ1) is 21.8. The highest BCUT2D eigenvalue weighted by Crippen LogP contribution is 2.33. The quantitative estimate of drug-likeness (QED) is 0.434. The number of amides is 1. The highest BCUT2D eigenvalue weighted by molar-refractivity contribution is 5.98. The van der Waals surface area contributed by atoms with E-state index in [2.05, 4.69) is 15.4 Å². The molecule has 0 bridgehead atoms. The summed E-state index contributed by atoms with van der Waals surface area (Å²) >= 11 is 0. The monoisotopic (exact) mass is 456 g/mol. The van der Waals surface area contributed by atoms with Crippen molar-refractivity contribution in [2.45, 2.75) is 6.18 Å². The van der Waals surface area contributed by atoms with Gasteiger partial charge in [-0.25, -0.2) is 14.5 Å². The highest BCUT2D eigenvalue weighted by atomic mass is 19.4. The van der Waals surface area contributed by atoms with Crippen molar-refractivity contribution in [3.63, 3.8) is 0 Å². The molecule has 0 spiro atoms. The molecule has 0 aliphatic carbocycles. The Morgan fingerprint density at radius 1 is 1.09 bits per heavy atom. The van der Waals surface area contributed by atoms with Gasteiger partial charge in [0, 0.05) is 5.56 Å². The van der Waals surface area contributed by atoms with Crippen LogP contribution in [0.4, 0.5) is 18.9 Å².